The average Bonchev–Trinajstić information content (AvgIpc) is 2.22. The van der Waals surface area contributed by atoms with Crippen molar-refractivity contribution in [3.63, 3.8) is 0 Å². The third-order valence-corrected chi connectivity index (χ3v) is 3.64. The quantitative estimate of drug-likeness (QED) is 0.801. The molecule has 0 aromatic carbocycles. The van der Waals surface area contributed by atoms with E-state index >= 15 is 0 Å². The Morgan fingerprint density at radius 1 is 1.38 bits per heavy atom. The molecule has 98 valence electrons. The Bertz CT molecular complexity index is 202. The summed E-state index contributed by atoms with van der Waals surface area (Å²) in [6, 6.07) is 0.185. The van der Waals surface area contributed by atoms with Gasteiger partial charge in [0.1, 0.15) is 0 Å². The molecule has 1 amide bonds. The number of hydrogen-bond donors (Lipinski definition) is 1. The van der Waals surface area contributed by atoms with Crippen molar-refractivity contribution in [2.75, 3.05) is 19.8 Å². The third-order valence-electron chi connectivity index (χ3n) is 2.73. The predicted molar refractivity (Wildman–Crippen MR) is 75.3 cm³/mol. The van der Waals surface area contributed by atoms with Crippen molar-refractivity contribution in [1.82, 2.24) is 4.90 Å². The van der Waals surface area contributed by atoms with Crippen molar-refractivity contribution < 1.29 is 4.79 Å². The maximum atomic E-state index is 11.7. The molecule has 2 N–H and O–H groups in total. The van der Waals surface area contributed by atoms with E-state index < -0.39 is 0 Å². The van der Waals surface area contributed by atoms with Crippen molar-refractivity contribution in [3.05, 3.63) is 0 Å². The molecule has 0 radical (unpaired) electrons. The highest BCUT2D eigenvalue weighted by atomic mass is 35.5. The minimum atomic E-state index is 0. The fraction of sp³-hybridized carbons (Fsp3) is 0.909. The molecule has 16 heavy (non-hydrogen) atoms. The first-order chi connectivity index (χ1) is 6.90. The van der Waals surface area contributed by atoms with Gasteiger partial charge in [0.15, 0.2) is 0 Å². The molecule has 5 heteroatoms. The molecular weight excluding hydrogens is 244 g/mol. The lowest BCUT2D eigenvalue weighted by Crippen LogP contribution is -2.37. The Hall–Kier alpha value is 0.0700. The van der Waals surface area contributed by atoms with Crippen LogP contribution in [0, 0.1) is 5.92 Å². The van der Waals surface area contributed by atoms with Gasteiger partial charge < -0.3 is 10.6 Å². The molecule has 0 fully saturated rings. The van der Waals surface area contributed by atoms with Crippen LogP contribution in [0.15, 0.2) is 0 Å². The van der Waals surface area contributed by atoms with Crippen molar-refractivity contribution in [2.45, 2.75) is 38.5 Å². The Morgan fingerprint density at radius 2 is 1.88 bits per heavy atom. The summed E-state index contributed by atoms with van der Waals surface area (Å²) in [7, 11) is 1.85. The molecule has 0 aliphatic heterocycles. The van der Waals surface area contributed by atoms with Crippen molar-refractivity contribution in [3.8, 4) is 0 Å². The number of amides is 1. The van der Waals surface area contributed by atoms with Gasteiger partial charge in [-0.15, -0.1) is 12.4 Å². The second kappa shape index (κ2) is 9.14. The first-order valence-corrected chi connectivity index (χ1v) is 6.72. The molecule has 3 nitrogen and oxygen atoms in total. The summed E-state index contributed by atoms with van der Waals surface area (Å²) in [5.41, 5.74) is 5.93. The molecule has 0 saturated heterocycles. The predicted octanol–water partition coefficient (Wildman–Crippen LogP) is 1.99. The third kappa shape index (κ3) is 6.61. The van der Waals surface area contributed by atoms with Gasteiger partial charge in [0, 0.05) is 19.6 Å². The standard InChI is InChI=1S/C11H24N2OS.ClH/c1-8(2)10(12)6-7-13(4)11(14)9(3)15-5;/h8-10H,6-7,12H2,1-5H3;1H. The van der Waals surface area contributed by atoms with E-state index in [4.69, 9.17) is 5.73 Å². The molecule has 0 aromatic rings. The topological polar surface area (TPSA) is 46.3 Å². The van der Waals surface area contributed by atoms with Crippen LogP contribution in [0.3, 0.4) is 0 Å². The lowest BCUT2D eigenvalue weighted by molar-refractivity contribution is -0.129. The van der Waals surface area contributed by atoms with Crippen LogP contribution in [0.2, 0.25) is 0 Å². The van der Waals surface area contributed by atoms with Crippen LogP contribution in [0.4, 0.5) is 0 Å². The zero-order valence-corrected chi connectivity index (χ0v) is 12.5. The minimum Gasteiger partial charge on any atom is -0.345 e. The summed E-state index contributed by atoms with van der Waals surface area (Å²) < 4.78 is 0. The highest BCUT2D eigenvalue weighted by Gasteiger charge is 2.17. The molecule has 0 heterocycles. The number of hydrogen-bond acceptors (Lipinski definition) is 3. The maximum absolute atomic E-state index is 11.7. The maximum Gasteiger partial charge on any atom is 0.235 e. The Kier molecular flexibility index (Phi) is 10.5. The molecule has 0 spiro atoms. The normalized spacial score (nSPS) is 14.2. The Balaban J connectivity index is 0. The van der Waals surface area contributed by atoms with Gasteiger partial charge in [-0.05, 0) is 25.5 Å². The molecule has 0 aromatic heterocycles. The summed E-state index contributed by atoms with van der Waals surface area (Å²) in [5, 5.41) is 0.0466. The van der Waals surface area contributed by atoms with Crippen molar-refractivity contribution >= 4 is 30.1 Å². The summed E-state index contributed by atoms with van der Waals surface area (Å²) >= 11 is 1.58. The Labute approximate surface area is 110 Å². The van der Waals surface area contributed by atoms with Gasteiger partial charge in [-0.2, -0.15) is 11.8 Å². The van der Waals surface area contributed by atoms with Gasteiger partial charge in [0.05, 0.1) is 5.25 Å². The summed E-state index contributed by atoms with van der Waals surface area (Å²) in [5.74, 6) is 0.671. The van der Waals surface area contributed by atoms with Gasteiger partial charge >= 0.3 is 0 Å². The first kappa shape index (κ1) is 18.4. The fourth-order valence-corrected chi connectivity index (χ4v) is 1.58. The molecular formula is C11H25ClN2OS. The SMILES string of the molecule is CSC(C)C(=O)N(C)CCC(N)C(C)C.Cl. The fourth-order valence-electron chi connectivity index (χ4n) is 1.20. The van der Waals surface area contributed by atoms with Crippen molar-refractivity contribution in [2.24, 2.45) is 11.7 Å². The minimum absolute atomic E-state index is 0. The molecule has 0 aliphatic carbocycles. The van der Waals surface area contributed by atoms with E-state index in [0.29, 0.717) is 5.92 Å². The Morgan fingerprint density at radius 3 is 2.25 bits per heavy atom. The summed E-state index contributed by atoms with van der Waals surface area (Å²) in [4.78, 5) is 13.5. The second-order valence-electron chi connectivity index (χ2n) is 4.33. The largest absolute Gasteiger partial charge is 0.345 e. The van der Waals surface area contributed by atoms with Crippen molar-refractivity contribution in [1.29, 1.82) is 0 Å². The van der Waals surface area contributed by atoms with E-state index in [1.807, 2.05) is 20.2 Å². The number of rotatable bonds is 6. The van der Waals surface area contributed by atoms with Gasteiger partial charge in [-0.3, -0.25) is 4.79 Å². The monoisotopic (exact) mass is 268 g/mol. The van der Waals surface area contributed by atoms with Crippen LogP contribution >= 0.6 is 24.2 Å². The highest BCUT2D eigenvalue weighted by molar-refractivity contribution is 7.99. The van der Waals surface area contributed by atoms with Crippen LogP contribution in [-0.4, -0.2) is 41.9 Å². The average molecular weight is 269 g/mol. The lowest BCUT2D eigenvalue weighted by atomic mass is 10.0. The van der Waals surface area contributed by atoms with Crippen LogP contribution in [-0.2, 0) is 4.79 Å². The van der Waals surface area contributed by atoms with E-state index in [0.717, 1.165) is 13.0 Å². The van der Waals surface area contributed by atoms with Gasteiger partial charge in [0.25, 0.3) is 0 Å². The van der Waals surface area contributed by atoms with Crippen LogP contribution in [0.1, 0.15) is 27.2 Å². The second-order valence-corrected chi connectivity index (χ2v) is 5.51. The molecule has 2 unspecified atom stereocenters. The van der Waals surface area contributed by atoms with E-state index in [1.165, 1.54) is 0 Å². The molecule has 0 saturated carbocycles. The van der Waals surface area contributed by atoms with E-state index in [1.54, 1.807) is 16.7 Å². The van der Waals surface area contributed by atoms with Gasteiger partial charge in [-0.1, -0.05) is 13.8 Å². The van der Waals surface area contributed by atoms with Crippen LogP contribution in [0.5, 0.6) is 0 Å². The van der Waals surface area contributed by atoms with E-state index in [9.17, 15) is 4.79 Å². The molecule has 2 atom stereocenters. The van der Waals surface area contributed by atoms with Crippen LogP contribution < -0.4 is 5.73 Å². The van der Waals surface area contributed by atoms with E-state index in [-0.39, 0.29) is 29.6 Å². The number of nitrogens with two attached hydrogens (primary N) is 1. The van der Waals surface area contributed by atoms with Gasteiger partial charge in [-0.25, -0.2) is 0 Å². The smallest absolute Gasteiger partial charge is 0.235 e. The first-order valence-electron chi connectivity index (χ1n) is 5.43. The molecule has 0 rings (SSSR count). The zero-order chi connectivity index (χ0) is 12.0. The van der Waals surface area contributed by atoms with Crippen LogP contribution in [0.25, 0.3) is 0 Å². The summed E-state index contributed by atoms with van der Waals surface area (Å²) in [6.07, 6.45) is 2.83. The number of thioether (sulfide) groups is 1. The number of nitrogens with zero attached hydrogens (tertiary/aromatic N) is 1. The van der Waals surface area contributed by atoms with Gasteiger partial charge in [0.2, 0.25) is 5.91 Å². The lowest BCUT2D eigenvalue weighted by Gasteiger charge is -2.23. The number of carbonyl (C=O) groups is 1. The molecule has 0 bridgehead atoms. The molecule has 0 aliphatic rings. The number of carbonyl (C=O) groups excluding carboxylic acids is 1. The summed E-state index contributed by atoms with van der Waals surface area (Å²) in [6.45, 7) is 6.91. The number of halogens is 1. The zero-order valence-electron chi connectivity index (χ0n) is 10.9. The van der Waals surface area contributed by atoms with E-state index in [2.05, 4.69) is 13.8 Å². The highest BCUT2D eigenvalue weighted by Crippen LogP contribution is 2.10.